The number of hydrogen-bond acceptors (Lipinski definition) is 5. The normalized spacial score (nSPS) is 11.3. The van der Waals surface area contributed by atoms with Gasteiger partial charge in [0.05, 0.1) is 6.61 Å². The minimum absolute atomic E-state index is 0.00298. The molecule has 0 aromatic heterocycles. The Morgan fingerprint density at radius 3 is 1.96 bits per heavy atom. The van der Waals surface area contributed by atoms with Crippen LogP contribution in [0.1, 0.15) is 22.3 Å². The van der Waals surface area contributed by atoms with E-state index in [2.05, 4.69) is 0 Å². The molecule has 0 aliphatic rings. The average molecular weight is 360 g/mol. The number of benzene rings is 2. The Hall–Kier alpha value is -1.99. The number of carbonyl (C=O) groups excluding carboxylic acids is 1. The van der Waals surface area contributed by atoms with E-state index in [9.17, 15) is 4.79 Å². The summed E-state index contributed by atoms with van der Waals surface area (Å²) in [7, 11) is 2.26. The summed E-state index contributed by atoms with van der Waals surface area (Å²) in [6.07, 6.45) is 0.756. The third-order valence-corrected chi connectivity index (χ3v) is 6.81. The van der Waals surface area contributed by atoms with Crippen molar-refractivity contribution in [1.82, 2.24) is 0 Å². The zero-order valence-corrected chi connectivity index (χ0v) is 15.9. The zero-order chi connectivity index (χ0) is 18.1. The molecular formula is C19H24O5Si. The lowest BCUT2D eigenvalue weighted by Gasteiger charge is -2.24. The molecule has 6 heteroatoms. The van der Waals surface area contributed by atoms with E-state index in [0.29, 0.717) is 23.8 Å². The predicted molar refractivity (Wildman–Crippen MR) is 98.0 cm³/mol. The van der Waals surface area contributed by atoms with Crippen LogP contribution < -0.4 is 4.74 Å². The highest BCUT2D eigenvalue weighted by molar-refractivity contribution is 6.60. The van der Waals surface area contributed by atoms with Crippen molar-refractivity contribution in [3.05, 3.63) is 65.7 Å². The fourth-order valence-corrected chi connectivity index (χ4v) is 4.18. The molecule has 2 aromatic carbocycles. The number of ketones is 1. The molecule has 25 heavy (non-hydrogen) atoms. The van der Waals surface area contributed by atoms with Crippen molar-refractivity contribution >= 4 is 14.6 Å². The highest BCUT2D eigenvalue weighted by Crippen LogP contribution is 2.18. The molecule has 0 aliphatic heterocycles. The highest BCUT2D eigenvalue weighted by Gasteiger charge is 2.36. The van der Waals surface area contributed by atoms with Crippen molar-refractivity contribution in [2.45, 2.75) is 12.5 Å². The lowest BCUT2D eigenvalue weighted by atomic mass is 10.0. The summed E-state index contributed by atoms with van der Waals surface area (Å²) in [5.41, 5.74) is 1.32. The first kappa shape index (κ1) is 19.3. The Labute approximate surface area is 149 Å². The quantitative estimate of drug-likeness (QED) is 0.368. The smallest absolute Gasteiger partial charge is 0.494 e. The largest absolute Gasteiger partial charge is 0.500 e. The van der Waals surface area contributed by atoms with Crippen molar-refractivity contribution in [3.63, 3.8) is 0 Å². The maximum atomic E-state index is 12.3. The molecule has 0 amide bonds. The van der Waals surface area contributed by atoms with Gasteiger partial charge in [0.25, 0.3) is 0 Å². The first-order chi connectivity index (χ1) is 12.1. The molecule has 0 saturated heterocycles. The van der Waals surface area contributed by atoms with Crippen LogP contribution in [-0.2, 0) is 13.3 Å². The molecule has 0 spiro atoms. The lowest BCUT2D eigenvalue weighted by Crippen LogP contribution is -2.42. The van der Waals surface area contributed by atoms with Gasteiger partial charge in [0.15, 0.2) is 5.78 Å². The second-order valence-corrected chi connectivity index (χ2v) is 8.56. The Bertz CT molecular complexity index is 645. The van der Waals surface area contributed by atoms with Crippen LogP contribution in [0, 0.1) is 0 Å². The average Bonchev–Trinajstić information content (AvgIpc) is 2.69. The fraction of sp³-hybridized carbons (Fsp3) is 0.316. The fourth-order valence-electron chi connectivity index (χ4n) is 2.49. The molecule has 0 heterocycles. The summed E-state index contributed by atoms with van der Waals surface area (Å²) in [4.78, 5) is 12.3. The Morgan fingerprint density at radius 2 is 1.40 bits per heavy atom. The minimum Gasteiger partial charge on any atom is -0.494 e. The third-order valence-electron chi connectivity index (χ3n) is 3.98. The molecule has 0 unspecified atom stereocenters. The van der Waals surface area contributed by atoms with Gasteiger partial charge in [-0.15, -0.1) is 0 Å². The summed E-state index contributed by atoms with van der Waals surface area (Å²) in [5.74, 6) is 0.729. The van der Waals surface area contributed by atoms with Gasteiger partial charge in [0, 0.05) is 38.5 Å². The monoisotopic (exact) mass is 360 g/mol. The summed E-state index contributed by atoms with van der Waals surface area (Å²) in [6.45, 7) is 0.525. The number of rotatable bonds is 10. The van der Waals surface area contributed by atoms with Gasteiger partial charge in [-0.1, -0.05) is 30.3 Å². The lowest BCUT2D eigenvalue weighted by molar-refractivity contribution is 0.103. The highest BCUT2D eigenvalue weighted by atomic mass is 28.4. The summed E-state index contributed by atoms with van der Waals surface area (Å²) in [5, 5.41) is 0. The maximum Gasteiger partial charge on any atom is 0.500 e. The van der Waals surface area contributed by atoms with Gasteiger partial charge in [0.2, 0.25) is 0 Å². The van der Waals surface area contributed by atoms with E-state index >= 15 is 0 Å². The predicted octanol–water partition coefficient (Wildman–Crippen LogP) is 3.56. The van der Waals surface area contributed by atoms with Gasteiger partial charge in [-0.25, -0.2) is 0 Å². The van der Waals surface area contributed by atoms with Crippen LogP contribution in [0.3, 0.4) is 0 Å². The molecule has 134 valence electrons. The molecule has 0 bridgehead atoms. The SMILES string of the molecule is CO[Si](CCCOc1ccc(C(=O)c2ccccc2)cc1)(OC)OC. The second-order valence-electron chi connectivity index (χ2n) is 5.47. The van der Waals surface area contributed by atoms with E-state index in [1.807, 2.05) is 42.5 Å². The molecule has 0 radical (unpaired) electrons. The summed E-state index contributed by atoms with van der Waals surface area (Å²) < 4.78 is 21.8. The van der Waals surface area contributed by atoms with Crippen molar-refractivity contribution in [2.75, 3.05) is 27.9 Å². The molecule has 0 N–H and O–H groups in total. The molecule has 2 rings (SSSR count). The molecule has 0 aliphatic carbocycles. The topological polar surface area (TPSA) is 54.0 Å². The molecule has 0 fully saturated rings. The Kier molecular flexibility index (Phi) is 7.33. The number of ether oxygens (including phenoxy) is 1. The van der Waals surface area contributed by atoms with E-state index < -0.39 is 8.80 Å². The van der Waals surface area contributed by atoms with Crippen molar-refractivity contribution in [2.24, 2.45) is 0 Å². The van der Waals surface area contributed by atoms with Crippen LogP contribution in [-0.4, -0.2) is 42.5 Å². The first-order valence-corrected chi connectivity index (χ1v) is 10.1. The Morgan fingerprint density at radius 1 is 0.840 bits per heavy atom. The van der Waals surface area contributed by atoms with Crippen LogP contribution in [0.25, 0.3) is 0 Å². The van der Waals surface area contributed by atoms with E-state index in [1.165, 1.54) is 0 Å². The zero-order valence-electron chi connectivity index (χ0n) is 14.9. The van der Waals surface area contributed by atoms with Gasteiger partial charge in [-0.05, 0) is 30.7 Å². The van der Waals surface area contributed by atoms with Crippen molar-refractivity contribution in [1.29, 1.82) is 0 Å². The molecule has 2 aromatic rings. The molecule has 0 atom stereocenters. The minimum atomic E-state index is -2.54. The van der Waals surface area contributed by atoms with Gasteiger partial charge in [-0.2, -0.15) is 0 Å². The molecular weight excluding hydrogens is 336 g/mol. The maximum absolute atomic E-state index is 12.3. The standard InChI is InChI=1S/C19H24O5Si/c1-21-25(22-2,23-3)15-7-14-24-18-12-10-17(11-13-18)19(20)16-8-5-4-6-9-16/h4-6,8-13H,7,14-15H2,1-3H3. The first-order valence-electron chi connectivity index (χ1n) is 8.12. The Balaban J connectivity index is 1.86. The van der Waals surface area contributed by atoms with Gasteiger partial charge in [0.1, 0.15) is 5.75 Å². The van der Waals surface area contributed by atoms with Gasteiger partial charge < -0.3 is 18.0 Å². The number of carbonyl (C=O) groups is 1. The van der Waals surface area contributed by atoms with Crippen LogP contribution in [0.15, 0.2) is 54.6 Å². The van der Waals surface area contributed by atoms with Gasteiger partial charge in [-0.3, -0.25) is 4.79 Å². The van der Waals surface area contributed by atoms with Crippen molar-refractivity contribution in [3.8, 4) is 5.75 Å². The van der Waals surface area contributed by atoms with Crippen LogP contribution in [0.4, 0.5) is 0 Å². The summed E-state index contributed by atoms with van der Waals surface area (Å²) in [6, 6.07) is 17.1. The summed E-state index contributed by atoms with van der Waals surface area (Å²) >= 11 is 0. The second kappa shape index (κ2) is 9.48. The van der Waals surface area contributed by atoms with E-state index in [0.717, 1.165) is 12.2 Å². The molecule has 5 nitrogen and oxygen atoms in total. The van der Waals surface area contributed by atoms with Crippen molar-refractivity contribution < 1.29 is 22.8 Å². The van der Waals surface area contributed by atoms with E-state index in [1.54, 1.807) is 33.5 Å². The molecule has 0 saturated carbocycles. The van der Waals surface area contributed by atoms with Crippen LogP contribution in [0.5, 0.6) is 5.75 Å². The van der Waals surface area contributed by atoms with E-state index in [4.69, 9.17) is 18.0 Å². The van der Waals surface area contributed by atoms with Crippen LogP contribution >= 0.6 is 0 Å². The van der Waals surface area contributed by atoms with Gasteiger partial charge >= 0.3 is 8.80 Å². The number of hydrogen-bond donors (Lipinski definition) is 0. The third kappa shape index (κ3) is 5.24. The van der Waals surface area contributed by atoms with E-state index in [-0.39, 0.29) is 5.78 Å². The van der Waals surface area contributed by atoms with Crippen LogP contribution in [0.2, 0.25) is 6.04 Å².